The van der Waals surface area contributed by atoms with Gasteiger partial charge in [0.25, 0.3) is 11.4 Å². The highest BCUT2D eigenvalue weighted by atomic mass is 16.6. The highest BCUT2D eigenvalue weighted by Gasteiger charge is 2.13. The van der Waals surface area contributed by atoms with Gasteiger partial charge in [0.05, 0.1) is 9.85 Å². The Balaban J connectivity index is 0.000000142. The number of hydrogen-bond donors (Lipinski definition) is 1. The molecule has 34 heavy (non-hydrogen) atoms. The van der Waals surface area contributed by atoms with Crippen molar-refractivity contribution in [3.8, 4) is 0 Å². The van der Waals surface area contributed by atoms with E-state index in [1.54, 1.807) is 24.3 Å². The summed E-state index contributed by atoms with van der Waals surface area (Å²) in [4.78, 5) is 24.1. The Bertz CT molecular complexity index is 1710. The van der Waals surface area contributed by atoms with Crippen molar-refractivity contribution < 1.29 is 9.85 Å². The van der Waals surface area contributed by atoms with Crippen molar-refractivity contribution in [1.82, 2.24) is 9.55 Å². The minimum absolute atomic E-state index is 0.122. The van der Waals surface area contributed by atoms with Crippen LogP contribution >= 0.6 is 0 Å². The van der Waals surface area contributed by atoms with Crippen molar-refractivity contribution in [2.45, 2.75) is 13.5 Å². The zero-order valence-corrected chi connectivity index (χ0v) is 18.3. The average molecular weight is 452 g/mol. The summed E-state index contributed by atoms with van der Waals surface area (Å²) >= 11 is 0. The summed E-state index contributed by atoms with van der Waals surface area (Å²) in [7, 11) is 0. The Morgan fingerprint density at radius 2 is 1.24 bits per heavy atom. The molecule has 0 aliphatic heterocycles. The van der Waals surface area contributed by atoms with Crippen LogP contribution in [0.4, 0.5) is 11.4 Å². The van der Waals surface area contributed by atoms with Crippen molar-refractivity contribution in [1.29, 1.82) is 0 Å². The summed E-state index contributed by atoms with van der Waals surface area (Å²) in [6, 6.07) is 25.7. The fourth-order valence-corrected chi connectivity index (χ4v) is 4.45. The lowest BCUT2D eigenvalue weighted by atomic mass is 10.1. The molecule has 4 aromatic carbocycles. The van der Waals surface area contributed by atoms with Crippen molar-refractivity contribution >= 4 is 55.0 Å². The molecule has 0 bridgehead atoms. The molecule has 8 heteroatoms. The van der Waals surface area contributed by atoms with Gasteiger partial charge in [-0.25, -0.2) is 0 Å². The van der Waals surface area contributed by atoms with E-state index in [1.165, 1.54) is 6.07 Å². The highest BCUT2D eigenvalue weighted by molar-refractivity contribution is 6.09. The van der Waals surface area contributed by atoms with Gasteiger partial charge in [0.2, 0.25) is 0 Å². The van der Waals surface area contributed by atoms with E-state index in [-0.39, 0.29) is 21.2 Å². The van der Waals surface area contributed by atoms with Gasteiger partial charge in [0.1, 0.15) is 0 Å². The molecule has 2 aromatic heterocycles. The van der Waals surface area contributed by atoms with Crippen LogP contribution in [-0.4, -0.2) is 19.4 Å². The molecule has 0 saturated carbocycles. The van der Waals surface area contributed by atoms with Gasteiger partial charge in [0.15, 0.2) is 0 Å². The fourth-order valence-electron chi connectivity index (χ4n) is 4.45. The Kier molecular flexibility index (Phi) is 5.18. The third-order valence-corrected chi connectivity index (χ3v) is 5.98. The maximum atomic E-state index is 10.9. The minimum atomic E-state index is -0.374. The van der Waals surface area contributed by atoms with Crippen LogP contribution in [0.5, 0.6) is 0 Å². The van der Waals surface area contributed by atoms with Crippen LogP contribution in [0.15, 0.2) is 84.9 Å². The zero-order valence-electron chi connectivity index (χ0n) is 18.3. The molecule has 8 nitrogen and oxygen atoms in total. The number of hydrogen-bond acceptors (Lipinski definition) is 4. The molecule has 2 heterocycles. The zero-order chi connectivity index (χ0) is 23.8. The Labute approximate surface area is 193 Å². The molecular formula is C26H20N4O4. The number of nitrogens with one attached hydrogen (secondary N) is 1. The molecule has 6 rings (SSSR count). The number of para-hydroxylation sites is 2. The topological polar surface area (TPSA) is 107 Å². The summed E-state index contributed by atoms with van der Waals surface area (Å²) in [5.74, 6) is 0. The smallest absolute Gasteiger partial charge is 0.270 e. The number of rotatable bonds is 3. The fraction of sp³-hybridized carbons (Fsp3) is 0.0769. The molecule has 0 atom stereocenters. The molecule has 0 amide bonds. The standard InChI is InChI=1S/C14H12N2O2.C12H8N2O2/c1-2-15-13-6-4-3-5-11(13)12-9-10(16(17)18)7-8-14(12)15;15-14(16)8-5-6-12-10(7-8)9-3-1-2-4-11(9)13-12/h3-9H,2H2,1H3;1-7,13H. The second kappa shape index (κ2) is 8.32. The summed E-state index contributed by atoms with van der Waals surface area (Å²) < 4.78 is 2.17. The maximum absolute atomic E-state index is 10.9. The molecule has 6 aromatic rings. The van der Waals surface area contributed by atoms with Crippen LogP contribution in [0.2, 0.25) is 0 Å². The lowest BCUT2D eigenvalue weighted by molar-refractivity contribution is -0.384. The quantitative estimate of drug-likeness (QED) is 0.231. The first-order valence-electron chi connectivity index (χ1n) is 10.8. The van der Waals surface area contributed by atoms with Crippen molar-refractivity contribution in [3.05, 3.63) is 105 Å². The SMILES string of the molecule is CCn1c2ccccc2c2cc([N+](=O)[O-])ccc21.O=[N+]([O-])c1ccc2[nH]c3ccccc3c2c1. The maximum Gasteiger partial charge on any atom is 0.270 e. The molecule has 0 unspecified atom stereocenters. The van der Waals surface area contributed by atoms with E-state index in [0.717, 1.165) is 50.2 Å². The number of aryl methyl sites for hydroxylation is 1. The van der Waals surface area contributed by atoms with Crippen LogP contribution in [0.3, 0.4) is 0 Å². The number of aromatic amines is 1. The third-order valence-electron chi connectivity index (χ3n) is 5.98. The largest absolute Gasteiger partial charge is 0.355 e. The molecule has 0 spiro atoms. The van der Waals surface area contributed by atoms with Crippen molar-refractivity contribution in [3.63, 3.8) is 0 Å². The first-order valence-corrected chi connectivity index (χ1v) is 10.8. The third kappa shape index (κ3) is 3.51. The monoisotopic (exact) mass is 452 g/mol. The van der Waals surface area contributed by atoms with E-state index in [0.29, 0.717) is 0 Å². The average Bonchev–Trinajstić information content (AvgIpc) is 3.38. The number of non-ortho nitro benzene ring substituents is 2. The Hall–Kier alpha value is -4.72. The Morgan fingerprint density at radius 3 is 1.94 bits per heavy atom. The number of nitro benzene ring substituents is 2. The summed E-state index contributed by atoms with van der Waals surface area (Å²) in [6.07, 6.45) is 0. The summed E-state index contributed by atoms with van der Waals surface area (Å²) in [6.45, 7) is 2.93. The second-order valence-electron chi connectivity index (χ2n) is 7.88. The van der Waals surface area contributed by atoms with Crippen molar-refractivity contribution in [2.24, 2.45) is 0 Å². The van der Waals surface area contributed by atoms with Crippen molar-refractivity contribution in [2.75, 3.05) is 0 Å². The van der Waals surface area contributed by atoms with Gasteiger partial charge >= 0.3 is 0 Å². The lowest BCUT2D eigenvalue weighted by Gasteiger charge is -2.01. The van der Waals surface area contributed by atoms with Gasteiger partial charge < -0.3 is 9.55 Å². The Morgan fingerprint density at radius 1 is 0.676 bits per heavy atom. The van der Waals surface area contributed by atoms with Crippen LogP contribution in [0, 0.1) is 20.2 Å². The lowest BCUT2D eigenvalue weighted by Crippen LogP contribution is -1.93. The molecule has 168 valence electrons. The van der Waals surface area contributed by atoms with Crippen LogP contribution in [-0.2, 0) is 6.54 Å². The second-order valence-corrected chi connectivity index (χ2v) is 7.88. The van der Waals surface area contributed by atoms with E-state index < -0.39 is 0 Å². The van der Waals surface area contributed by atoms with Gasteiger partial charge in [-0.05, 0) is 31.2 Å². The number of benzene rings is 4. The number of nitro groups is 2. The van der Waals surface area contributed by atoms with Gasteiger partial charge in [0, 0.05) is 74.4 Å². The molecular weight excluding hydrogens is 432 g/mol. The predicted molar refractivity (Wildman–Crippen MR) is 134 cm³/mol. The molecule has 0 saturated heterocycles. The first kappa shape index (κ1) is 21.1. The van der Waals surface area contributed by atoms with Gasteiger partial charge in [-0.1, -0.05) is 36.4 Å². The highest BCUT2D eigenvalue weighted by Crippen LogP contribution is 2.31. The summed E-state index contributed by atoms with van der Waals surface area (Å²) in [5, 5.41) is 25.5. The first-order chi connectivity index (χ1) is 16.5. The number of H-pyrrole nitrogens is 1. The van der Waals surface area contributed by atoms with Gasteiger partial charge in [-0.2, -0.15) is 0 Å². The predicted octanol–water partition coefficient (Wildman–Crippen LogP) is 6.95. The molecule has 0 aliphatic rings. The van der Waals surface area contributed by atoms with Crippen LogP contribution in [0.1, 0.15) is 6.92 Å². The minimum Gasteiger partial charge on any atom is -0.355 e. The molecule has 1 N–H and O–H groups in total. The van der Waals surface area contributed by atoms with E-state index >= 15 is 0 Å². The summed E-state index contributed by atoms with van der Waals surface area (Å²) in [5.41, 5.74) is 4.35. The number of aromatic nitrogens is 2. The van der Waals surface area contributed by atoms with E-state index in [9.17, 15) is 20.2 Å². The van der Waals surface area contributed by atoms with Crippen LogP contribution < -0.4 is 0 Å². The van der Waals surface area contributed by atoms with E-state index in [1.807, 2.05) is 54.6 Å². The van der Waals surface area contributed by atoms with Gasteiger partial charge in [-0.3, -0.25) is 20.2 Å². The number of fused-ring (bicyclic) bond motifs is 6. The van der Waals surface area contributed by atoms with Crippen LogP contribution in [0.25, 0.3) is 43.6 Å². The molecule has 0 fully saturated rings. The number of nitrogens with zero attached hydrogens (tertiary/aromatic N) is 3. The normalized spacial score (nSPS) is 11.1. The van der Waals surface area contributed by atoms with E-state index in [2.05, 4.69) is 16.5 Å². The van der Waals surface area contributed by atoms with Gasteiger partial charge in [-0.15, -0.1) is 0 Å². The molecule has 0 radical (unpaired) electrons. The van der Waals surface area contributed by atoms with E-state index in [4.69, 9.17) is 0 Å². The molecule has 0 aliphatic carbocycles.